The van der Waals surface area contributed by atoms with Crippen LogP contribution in [0.5, 0.6) is 0 Å². The third-order valence-corrected chi connectivity index (χ3v) is 1.45. The number of rotatable bonds is 1. The molecule has 1 aromatic rings. The number of pyridine rings is 1. The normalized spacial score (nSPS) is 11.5. The zero-order chi connectivity index (χ0) is 8.48. The number of halogens is 1. The minimum absolute atomic E-state index is 0.494. The number of hydrogen-bond donors (Lipinski definition) is 1. The molecule has 0 spiro atoms. The average Bonchev–Trinajstić information content (AvgIpc) is 1.86. The van der Waals surface area contributed by atoms with Crippen molar-refractivity contribution in [3.8, 4) is 0 Å². The fourth-order valence-electron chi connectivity index (χ4n) is 0.783. The first-order chi connectivity index (χ1) is 5.00. The molecule has 3 heteroatoms. The van der Waals surface area contributed by atoms with Gasteiger partial charge in [0.2, 0.25) is 0 Å². The van der Waals surface area contributed by atoms with Crippen LogP contribution in [0.4, 0.5) is 10.1 Å². The predicted octanol–water partition coefficient (Wildman–Crippen LogP) is 1.87. The van der Waals surface area contributed by atoms with Gasteiger partial charge in [-0.05, 0) is 19.9 Å². The van der Waals surface area contributed by atoms with Crippen molar-refractivity contribution in [3.63, 3.8) is 0 Å². The molecule has 11 heavy (non-hydrogen) atoms. The van der Waals surface area contributed by atoms with Crippen molar-refractivity contribution in [2.45, 2.75) is 19.5 Å². The highest BCUT2D eigenvalue weighted by Crippen LogP contribution is 2.24. The van der Waals surface area contributed by atoms with Gasteiger partial charge in [-0.25, -0.2) is 4.39 Å². The Morgan fingerprint density at radius 1 is 1.45 bits per heavy atom. The quantitative estimate of drug-likeness (QED) is 0.670. The van der Waals surface area contributed by atoms with E-state index in [1.165, 1.54) is 26.2 Å². The molecule has 0 bridgehead atoms. The number of nitrogens with two attached hydrogens (primary N) is 1. The first-order valence-electron chi connectivity index (χ1n) is 3.40. The van der Waals surface area contributed by atoms with Crippen molar-refractivity contribution < 1.29 is 4.39 Å². The van der Waals surface area contributed by atoms with Crippen LogP contribution in [0.15, 0.2) is 18.5 Å². The second kappa shape index (κ2) is 2.49. The SMILES string of the molecule is CC(C)(F)c1cncc(N)c1. The fraction of sp³-hybridized carbons (Fsp3) is 0.375. The summed E-state index contributed by atoms with van der Waals surface area (Å²) >= 11 is 0. The lowest BCUT2D eigenvalue weighted by Crippen LogP contribution is -2.09. The van der Waals surface area contributed by atoms with E-state index >= 15 is 0 Å². The van der Waals surface area contributed by atoms with Gasteiger partial charge in [-0.3, -0.25) is 4.98 Å². The van der Waals surface area contributed by atoms with Crippen LogP contribution >= 0.6 is 0 Å². The Balaban J connectivity index is 3.06. The van der Waals surface area contributed by atoms with Crippen LogP contribution in [-0.2, 0) is 5.67 Å². The van der Waals surface area contributed by atoms with Crippen LogP contribution in [0, 0.1) is 0 Å². The largest absolute Gasteiger partial charge is 0.397 e. The molecule has 2 nitrogen and oxygen atoms in total. The molecule has 0 radical (unpaired) electrons. The van der Waals surface area contributed by atoms with E-state index in [0.29, 0.717) is 11.3 Å². The molecule has 0 aliphatic rings. The molecule has 60 valence electrons. The maximum Gasteiger partial charge on any atom is 0.132 e. The molecule has 0 aromatic carbocycles. The van der Waals surface area contributed by atoms with E-state index in [1.54, 1.807) is 6.07 Å². The van der Waals surface area contributed by atoms with Crippen LogP contribution in [-0.4, -0.2) is 4.98 Å². The summed E-state index contributed by atoms with van der Waals surface area (Å²) in [5.41, 5.74) is 5.07. The minimum atomic E-state index is -1.36. The van der Waals surface area contributed by atoms with Gasteiger partial charge in [0.1, 0.15) is 5.67 Å². The topological polar surface area (TPSA) is 38.9 Å². The summed E-state index contributed by atoms with van der Waals surface area (Å²) in [5.74, 6) is 0. The smallest absolute Gasteiger partial charge is 0.132 e. The summed E-state index contributed by atoms with van der Waals surface area (Å²) in [4.78, 5) is 3.79. The Bertz CT molecular complexity index is 253. The van der Waals surface area contributed by atoms with E-state index in [-0.39, 0.29) is 0 Å². The van der Waals surface area contributed by atoms with Crippen LogP contribution < -0.4 is 5.73 Å². The maximum atomic E-state index is 13.2. The molecule has 0 saturated carbocycles. The average molecular weight is 154 g/mol. The van der Waals surface area contributed by atoms with Crippen molar-refractivity contribution in [3.05, 3.63) is 24.0 Å². The van der Waals surface area contributed by atoms with Gasteiger partial charge in [-0.1, -0.05) is 0 Å². The molecule has 1 rings (SSSR count). The first kappa shape index (κ1) is 7.98. The van der Waals surface area contributed by atoms with Gasteiger partial charge >= 0.3 is 0 Å². The van der Waals surface area contributed by atoms with Gasteiger partial charge in [0, 0.05) is 18.0 Å². The van der Waals surface area contributed by atoms with E-state index < -0.39 is 5.67 Å². The van der Waals surface area contributed by atoms with E-state index in [9.17, 15) is 4.39 Å². The number of nitrogen functional groups attached to an aromatic ring is 1. The highest BCUT2D eigenvalue weighted by atomic mass is 19.1. The van der Waals surface area contributed by atoms with E-state index in [0.717, 1.165) is 0 Å². The van der Waals surface area contributed by atoms with Crippen LogP contribution in [0.2, 0.25) is 0 Å². The van der Waals surface area contributed by atoms with E-state index in [4.69, 9.17) is 5.73 Å². The molecule has 0 atom stereocenters. The molecule has 1 heterocycles. The molecular formula is C8H11FN2. The van der Waals surface area contributed by atoms with Crippen LogP contribution in [0.1, 0.15) is 19.4 Å². The first-order valence-corrected chi connectivity index (χ1v) is 3.40. The van der Waals surface area contributed by atoms with Crippen molar-refractivity contribution in [1.82, 2.24) is 4.98 Å². The van der Waals surface area contributed by atoms with Gasteiger partial charge in [0.25, 0.3) is 0 Å². The van der Waals surface area contributed by atoms with Gasteiger partial charge in [0.15, 0.2) is 0 Å². The van der Waals surface area contributed by atoms with Crippen molar-refractivity contribution in [2.75, 3.05) is 5.73 Å². The third kappa shape index (κ3) is 1.90. The van der Waals surface area contributed by atoms with Gasteiger partial charge < -0.3 is 5.73 Å². The predicted molar refractivity (Wildman–Crippen MR) is 42.8 cm³/mol. The standard InChI is InChI=1S/C8H11FN2/c1-8(2,9)6-3-7(10)5-11-4-6/h3-5H,10H2,1-2H3. The minimum Gasteiger partial charge on any atom is -0.397 e. The molecular weight excluding hydrogens is 143 g/mol. The highest BCUT2D eigenvalue weighted by molar-refractivity contribution is 5.38. The molecule has 0 unspecified atom stereocenters. The summed E-state index contributed by atoms with van der Waals surface area (Å²) in [7, 11) is 0. The Morgan fingerprint density at radius 2 is 2.09 bits per heavy atom. The summed E-state index contributed by atoms with van der Waals surface area (Å²) < 4.78 is 13.2. The van der Waals surface area contributed by atoms with Crippen molar-refractivity contribution >= 4 is 5.69 Å². The van der Waals surface area contributed by atoms with Crippen molar-refractivity contribution in [1.29, 1.82) is 0 Å². The molecule has 0 aliphatic carbocycles. The molecule has 0 saturated heterocycles. The summed E-state index contributed by atoms with van der Waals surface area (Å²) in [6.07, 6.45) is 2.98. The fourth-order valence-corrected chi connectivity index (χ4v) is 0.783. The third-order valence-electron chi connectivity index (χ3n) is 1.45. The van der Waals surface area contributed by atoms with Gasteiger partial charge in [-0.2, -0.15) is 0 Å². The zero-order valence-corrected chi connectivity index (χ0v) is 6.63. The monoisotopic (exact) mass is 154 g/mol. The Hall–Kier alpha value is -1.12. The zero-order valence-electron chi connectivity index (χ0n) is 6.63. The van der Waals surface area contributed by atoms with Crippen molar-refractivity contribution in [2.24, 2.45) is 0 Å². The Labute approximate surface area is 65.3 Å². The van der Waals surface area contributed by atoms with Gasteiger partial charge in [-0.15, -0.1) is 0 Å². The van der Waals surface area contributed by atoms with Crippen LogP contribution in [0.3, 0.4) is 0 Å². The lowest BCUT2D eigenvalue weighted by molar-refractivity contribution is 0.221. The number of nitrogens with zero attached hydrogens (tertiary/aromatic N) is 1. The van der Waals surface area contributed by atoms with E-state index in [2.05, 4.69) is 4.98 Å². The lowest BCUT2D eigenvalue weighted by Gasteiger charge is -2.13. The molecule has 0 amide bonds. The summed E-state index contributed by atoms with van der Waals surface area (Å²) in [6.45, 7) is 2.95. The molecule has 2 N–H and O–H groups in total. The second-order valence-electron chi connectivity index (χ2n) is 2.98. The second-order valence-corrected chi connectivity index (χ2v) is 2.98. The lowest BCUT2D eigenvalue weighted by atomic mass is 10.0. The molecule has 0 fully saturated rings. The number of anilines is 1. The Morgan fingerprint density at radius 3 is 2.45 bits per heavy atom. The highest BCUT2D eigenvalue weighted by Gasteiger charge is 2.18. The number of hydrogen-bond acceptors (Lipinski definition) is 2. The summed E-state index contributed by atoms with van der Waals surface area (Å²) in [6, 6.07) is 1.59. The Kier molecular flexibility index (Phi) is 1.81. The summed E-state index contributed by atoms with van der Waals surface area (Å²) in [5, 5.41) is 0. The number of alkyl halides is 1. The molecule has 0 aliphatic heterocycles. The van der Waals surface area contributed by atoms with Gasteiger partial charge in [0.05, 0.1) is 5.69 Å². The van der Waals surface area contributed by atoms with Crippen LogP contribution in [0.25, 0.3) is 0 Å². The molecule has 1 aromatic heterocycles. The number of aromatic nitrogens is 1. The van der Waals surface area contributed by atoms with E-state index in [1.807, 2.05) is 0 Å². The maximum absolute atomic E-state index is 13.2.